The molecule has 0 radical (unpaired) electrons. The number of para-hydroxylation sites is 1. The van der Waals surface area contributed by atoms with Gasteiger partial charge in [0.05, 0.1) is 17.4 Å². The third-order valence-corrected chi connectivity index (χ3v) is 2.74. The van der Waals surface area contributed by atoms with Crippen LogP contribution in [0.5, 0.6) is 0 Å². The molecule has 1 aromatic heterocycles. The second-order valence-electron chi connectivity index (χ2n) is 3.24. The number of nitriles is 1. The van der Waals surface area contributed by atoms with Crippen LogP contribution in [0.2, 0.25) is 0 Å². The number of thioether (sulfide) groups is 1. The van der Waals surface area contributed by atoms with Crippen LogP contribution in [-0.2, 0) is 0 Å². The topological polar surface area (TPSA) is 61.1 Å². The number of hydrogen-bond acceptors (Lipinski definition) is 4. The van der Waals surface area contributed by atoms with Gasteiger partial charge in [0.25, 0.3) is 0 Å². The Morgan fingerprint density at radius 2 is 2.29 bits per heavy atom. The number of pyridine rings is 1. The molecule has 0 spiro atoms. The summed E-state index contributed by atoms with van der Waals surface area (Å²) in [6, 6.07) is 9.78. The zero-order valence-electron chi connectivity index (χ0n) is 9.21. The Bertz CT molecular complexity index is 601. The van der Waals surface area contributed by atoms with Gasteiger partial charge in [-0.1, -0.05) is 30.0 Å². The van der Waals surface area contributed by atoms with Crippen LogP contribution in [0.3, 0.4) is 0 Å². The first-order valence-corrected chi connectivity index (χ1v) is 6.18. The number of rotatable bonds is 1. The van der Waals surface area contributed by atoms with E-state index in [1.54, 1.807) is 6.20 Å². The highest BCUT2D eigenvalue weighted by molar-refractivity contribution is 8.13. The molecule has 0 bridgehead atoms. The number of hydrogen-bond donors (Lipinski definition) is 1. The van der Waals surface area contributed by atoms with Crippen LogP contribution in [0.15, 0.2) is 41.5 Å². The lowest BCUT2D eigenvalue weighted by molar-refractivity contribution is 1.27. The van der Waals surface area contributed by atoms with Gasteiger partial charge in [-0.15, -0.1) is 0 Å². The fraction of sp³-hybridized carbons (Fsp3) is 0.0833. The van der Waals surface area contributed by atoms with Crippen LogP contribution < -0.4 is 5.32 Å². The van der Waals surface area contributed by atoms with Crippen LogP contribution in [-0.4, -0.2) is 16.4 Å². The van der Waals surface area contributed by atoms with Crippen molar-refractivity contribution < 1.29 is 0 Å². The molecule has 2 aromatic rings. The van der Waals surface area contributed by atoms with Gasteiger partial charge in [0.15, 0.2) is 11.4 Å². The van der Waals surface area contributed by atoms with Crippen molar-refractivity contribution in [2.75, 3.05) is 6.26 Å². The summed E-state index contributed by atoms with van der Waals surface area (Å²) >= 11 is 1.38. The van der Waals surface area contributed by atoms with E-state index in [9.17, 15) is 0 Å². The van der Waals surface area contributed by atoms with E-state index in [-0.39, 0.29) is 0 Å². The monoisotopic (exact) mass is 242 g/mol. The smallest absolute Gasteiger partial charge is 0.183 e. The molecule has 0 aliphatic carbocycles. The Balaban J connectivity index is 2.40. The minimum Gasteiger partial charge on any atom is -0.271 e. The molecule has 0 fully saturated rings. The van der Waals surface area contributed by atoms with Gasteiger partial charge >= 0.3 is 0 Å². The highest BCUT2D eigenvalue weighted by Gasteiger charge is 1.98. The molecule has 1 heterocycles. The fourth-order valence-corrected chi connectivity index (χ4v) is 1.75. The lowest BCUT2D eigenvalue weighted by Gasteiger charge is -2.01. The molecule has 17 heavy (non-hydrogen) atoms. The van der Waals surface area contributed by atoms with Gasteiger partial charge in [0, 0.05) is 5.39 Å². The molecule has 4 nitrogen and oxygen atoms in total. The van der Waals surface area contributed by atoms with Crippen molar-refractivity contribution in [2.45, 2.75) is 0 Å². The molecule has 0 atom stereocenters. The number of nitrogens with one attached hydrogen (secondary N) is 1. The van der Waals surface area contributed by atoms with Gasteiger partial charge in [-0.25, -0.2) is 4.99 Å². The average Bonchev–Trinajstić information content (AvgIpc) is 2.38. The summed E-state index contributed by atoms with van der Waals surface area (Å²) in [6.45, 7) is 0. The second kappa shape index (κ2) is 5.32. The summed E-state index contributed by atoms with van der Waals surface area (Å²) in [4.78, 5) is 8.60. The molecular weight excluding hydrogens is 232 g/mol. The van der Waals surface area contributed by atoms with Crippen LogP contribution in [0.25, 0.3) is 10.9 Å². The number of aliphatic imine (C=N–C) groups is 1. The zero-order valence-corrected chi connectivity index (χ0v) is 10.0. The van der Waals surface area contributed by atoms with Crippen LogP contribution in [0.4, 0.5) is 5.69 Å². The first kappa shape index (κ1) is 11.4. The molecule has 84 valence electrons. The molecule has 1 aromatic carbocycles. The standard InChI is InChI=1S/C12H10N4S/c1-17-12(15-8-13)16-10-6-9-4-2-3-5-11(9)14-7-10/h2-7H,1H3,(H,15,16). The van der Waals surface area contributed by atoms with E-state index in [0.29, 0.717) is 5.17 Å². The number of aromatic nitrogens is 1. The van der Waals surface area contributed by atoms with Gasteiger partial charge in [0.2, 0.25) is 0 Å². The van der Waals surface area contributed by atoms with Crippen molar-refractivity contribution in [3.63, 3.8) is 0 Å². The van der Waals surface area contributed by atoms with Crippen molar-refractivity contribution in [1.29, 1.82) is 5.26 Å². The normalized spacial score (nSPS) is 11.2. The average molecular weight is 242 g/mol. The van der Waals surface area contributed by atoms with Crippen molar-refractivity contribution >= 4 is 33.5 Å². The van der Waals surface area contributed by atoms with Crippen molar-refractivity contribution in [1.82, 2.24) is 10.3 Å². The fourth-order valence-electron chi connectivity index (χ4n) is 1.41. The van der Waals surface area contributed by atoms with Crippen molar-refractivity contribution in [3.8, 4) is 6.19 Å². The van der Waals surface area contributed by atoms with Gasteiger partial charge in [-0.05, 0) is 18.4 Å². The third kappa shape index (κ3) is 2.74. The third-order valence-electron chi connectivity index (χ3n) is 2.16. The molecule has 0 unspecified atom stereocenters. The minimum atomic E-state index is 0.560. The minimum absolute atomic E-state index is 0.560. The first-order chi connectivity index (χ1) is 8.33. The van der Waals surface area contributed by atoms with E-state index in [1.165, 1.54) is 11.8 Å². The quantitative estimate of drug-likeness (QED) is 0.361. The lowest BCUT2D eigenvalue weighted by atomic mass is 10.2. The van der Waals surface area contributed by atoms with Crippen LogP contribution >= 0.6 is 11.8 Å². The molecule has 0 saturated heterocycles. The summed E-state index contributed by atoms with van der Waals surface area (Å²) in [5, 5.41) is 12.7. The van der Waals surface area contributed by atoms with Crippen LogP contribution in [0, 0.1) is 11.5 Å². The van der Waals surface area contributed by atoms with Gasteiger partial charge in [0.1, 0.15) is 0 Å². The molecule has 1 N–H and O–H groups in total. The highest BCUT2D eigenvalue weighted by atomic mass is 32.2. The summed E-state index contributed by atoms with van der Waals surface area (Å²) in [5.74, 6) is 0. The molecule has 0 aliphatic heterocycles. The first-order valence-electron chi connectivity index (χ1n) is 4.96. The maximum Gasteiger partial charge on any atom is 0.183 e. The van der Waals surface area contributed by atoms with Crippen LogP contribution in [0.1, 0.15) is 0 Å². The van der Waals surface area contributed by atoms with E-state index in [1.807, 2.05) is 42.8 Å². The lowest BCUT2D eigenvalue weighted by Crippen LogP contribution is -2.12. The van der Waals surface area contributed by atoms with Crippen molar-refractivity contribution in [2.24, 2.45) is 4.99 Å². The molecular formula is C12H10N4S. The Morgan fingerprint density at radius 1 is 1.47 bits per heavy atom. The molecule has 2 rings (SSSR count). The van der Waals surface area contributed by atoms with Gasteiger partial charge in [-0.2, -0.15) is 5.26 Å². The number of benzene rings is 1. The SMILES string of the molecule is CSC(=Nc1cnc2ccccc2c1)NC#N. The Kier molecular flexibility index (Phi) is 3.58. The molecule has 0 aliphatic rings. The number of nitrogens with zero attached hydrogens (tertiary/aromatic N) is 3. The van der Waals surface area contributed by atoms with E-state index in [0.717, 1.165) is 16.6 Å². The largest absolute Gasteiger partial charge is 0.271 e. The summed E-state index contributed by atoms with van der Waals surface area (Å²) in [6.07, 6.45) is 5.40. The van der Waals surface area contributed by atoms with E-state index in [2.05, 4.69) is 15.3 Å². The molecule has 0 amide bonds. The van der Waals surface area contributed by atoms with Crippen molar-refractivity contribution in [3.05, 3.63) is 36.5 Å². The number of amidine groups is 1. The molecule has 0 saturated carbocycles. The van der Waals surface area contributed by atoms with E-state index >= 15 is 0 Å². The molecule has 5 heteroatoms. The van der Waals surface area contributed by atoms with Gasteiger partial charge in [-0.3, -0.25) is 10.3 Å². The zero-order chi connectivity index (χ0) is 12.1. The predicted molar refractivity (Wildman–Crippen MR) is 71.1 cm³/mol. The van der Waals surface area contributed by atoms with E-state index in [4.69, 9.17) is 5.26 Å². The summed E-state index contributed by atoms with van der Waals surface area (Å²) in [7, 11) is 0. The van der Waals surface area contributed by atoms with Gasteiger partial charge < -0.3 is 0 Å². The maximum atomic E-state index is 8.55. The Labute approximate surface area is 103 Å². The predicted octanol–water partition coefficient (Wildman–Crippen LogP) is 2.66. The number of fused-ring (bicyclic) bond motifs is 1. The summed E-state index contributed by atoms with van der Waals surface area (Å²) < 4.78 is 0. The second-order valence-corrected chi connectivity index (χ2v) is 4.04. The highest BCUT2D eigenvalue weighted by Crippen LogP contribution is 2.19. The summed E-state index contributed by atoms with van der Waals surface area (Å²) in [5.41, 5.74) is 1.67. The maximum absolute atomic E-state index is 8.55. The van der Waals surface area contributed by atoms with E-state index < -0.39 is 0 Å². The Hall–Kier alpha value is -2.06. The Morgan fingerprint density at radius 3 is 3.06 bits per heavy atom.